The highest BCUT2D eigenvalue weighted by atomic mass is 14.8. The first kappa shape index (κ1) is 9.66. The molecular weight excluding hydrogens is 162 g/mol. The van der Waals surface area contributed by atoms with E-state index in [1.807, 2.05) is 6.07 Å². The molecule has 0 saturated heterocycles. The lowest BCUT2D eigenvalue weighted by Crippen LogP contribution is -2.05. The van der Waals surface area contributed by atoms with Gasteiger partial charge in [-0.1, -0.05) is 20.8 Å². The molecule has 0 radical (unpaired) electrons. The Morgan fingerprint density at radius 2 is 2.00 bits per heavy atom. The van der Waals surface area contributed by atoms with Crippen LogP contribution in [0.1, 0.15) is 38.1 Å². The van der Waals surface area contributed by atoms with E-state index in [1.165, 1.54) is 6.20 Å². The van der Waals surface area contributed by atoms with Crippen LogP contribution in [0.15, 0.2) is 12.4 Å². The fourth-order valence-corrected chi connectivity index (χ4v) is 0.996. The van der Waals surface area contributed by atoms with Crippen LogP contribution in [0.3, 0.4) is 0 Å². The average molecular weight is 175 g/mol. The van der Waals surface area contributed by atoms with Gasteiger partial charge in [-0.15, -0.1) is 0 Å². The minimum atomic E-state index is 0.348. The quantitative estimate of drug-likeness (QED) is 0.691. The van der Waals surface area contributed by atoms with E-state index in [2.05, 4.69) is 30.7 Å². The van der Waals surface area contributed by atoms with Crippen molar-refractivity contribution >= 4 is 0 Å². The van der Waals surface area contributed by atoms with Gasteiger partial charge in [-0.05, 0) is 5.92 Å². The molecular formula is C10H13N3. The minimum absolute atomic E-state index is 0.348. The second kappa shape index (κ2) is 3.99. The Bertz CT molecular complexity index is 325. The van der Waals surface area contributed by atoms with Gasteiger partial charge in [0.2, 0.25) is 0 Å². The lowest BCUT2D eigenvalue weighted by Gasteiger charge is -2.13. The summed E-state index contributed by atoms with van der Waals surface area (Å²) in [7, 11) is 0. The number of nitrogens with zero attached hydrogens (tertiary/aromatic N) is 3. The number of nitriles is 1. The van der Waals surface area contributed by atoms with Crippen LogP contribution in [0, 0.1) is 17.2 Å². The van der Waals surface area contributed by atoms with Crippen LogP contribution in [0.4, 0.5) is 0 Å². The molecule has 0 spiro atoms. The number of aromatic nitrogens is 2. The Kier molecular flexibility index (Phi) is 2.97. The van der Waals surface area contributed by atoms with Gasteiger partial charge >= 0.3 is 0 Å². The lowest BCUT2D eigenvalue weighted by molar-refractivity contribution is 0.521. The molecule has 0 N–H and O–H groups in total. The number of hydrogen-bond donors (Lipinski definition) is 0. The molecule has 3 heteroatoms. The van der Waals surface area contributed by atoms with Crippen LogP contribution in [0.25, 0.3) is 0 Å². The van der Waals surface area contributed by atoms with Gasteiger partial charge in [-0.25, -0.2) is 4.98 Å². The van der Waals surface area contributed by atoms with E-state index in [0.29, 0.717) is 17.5 Å². The molecule has 1 aromatic rings. The van der Waals surface area contributed by atoms with Crippen LogP contribution in [-0.2, 0) is 0 Å². The maximum atomic E-state index is 8.63. The van der Waals surface area contributed by atoms with Gasteiger partial charge in [0, 0.05) is 12.1 Å². The van der Waals surface area contributed by atoms with Crippen LogP contribution in [-0.4, -0.2) is 9.97 Å². The van der Waals surface area contributed by atoms with Crippen LogP contribution in [0.5, 0.6) is 0 Å². The summed E-state index contributed by atoms with van der Waals surface area (Å²) in [5.74, 6) is 0.865. The molecule has 0 aliphatic carbocycles. The molecule has 0 amide bonds. The highest BCUT2D eigenvalue weighted by Crippen LogP contribution is 2.20. The second-order valence-electron chi connectivity index (χ2n) is 3.47. The molecule has 0 saturated carbocycles. The van der Waals surface area contributed by atoms with E-state index in [1.54, 1.807) is 6.20 Å². The lowest BCUT2D eigenvalue weighted by atomic mass is 9.95. The van der Waals surface area contributed by atoms with Crippen LogP contribution in [0.2, 0.25) is 0 Å². The predicted molar refractivity (Wildman–Crippen MR) is 50.0 cm³/mol. The highest BCUT2D eigenvalue weighted by molar-refractivity contribution is 5.18. The fraction of sp³-hybridized carbons (Fsp3) is 0.500. The zero-order chi connectivity index (χ0) is 9.84. The van der Waals surface area contributed by atoms with Gasteiger partial charge in [0.1, 0.15) is 6.07 Å². The van der Waals surface area contributed by atoms with Crippen molar-refractivity contribution in [2.45, 2.75) is 26.7 Å². The first-order chi connectivity index (χ1) is 6.15. The van der Waals surface area contributed by atoms with Crippen LogP contribution >= 0.6 is 0 Å². The van der Waals surface area contributed by atoms with Crippen molar-refractivity contribution in [3.05, 3.63) is 23.8 Å². The molecule has 1 aromatic heterocycles. The molecule has 3 nitrogen and oxygen atoms in total. The molecule has 1 atom stereocenters. The molecule has 68 valence electrons. The van der Waals surface area contributed by atoms with Crippen molar-refractivity contribution in [3.8, 4) is 6.07 Å². The van der Waals surface area contributed by atoms with Crippen molar-refractivity contribution in [2.24, 2.45) is 5.92 Å². The van der Waals surface area contributed by atoms with Crippen molar-refractivity contribution in [1.82, 2.24) is 9.97 Å². The van der Waals surface area contributed by atoms with E-state index < -0.39 is 0 Å². The van der Waals surface area contributed by atoms with Crippen molar-refractivity contribution in [3.63, 3.8) is 0 Å². The molecule has 0 fully saturated rings. The normalized spacial score (nSPS) is 12.5. The summed E-state index contributed by atoms with van der Waals surface area (Å²) in [4.78, 5) is 8.16. The molecule has 1 heterocycles. The van der Waals surface area contributed by atoms with E-state index in [0.717, 1.165) is 5.69 Å². The smallest absolute Gasteiger partial charge is 0.159 e. The van der Waals surface area contributed by atoms with E-state index in [-0.39, 0.29) is 0 Å². The Morgan fingerprint density at radius 1 is 1.31 bits per heavy atom. The summed E-state index contributed by atoms with van der Waals surface area (Å²) in [6.45, 7) is 6.35. The Labute approximate surface area is 78.5 Å². The van der Waals surface area contributed by atoms with E-state index >= 15 is 0 Å². The van der Waals surface area contributed by atoms with Gasteiger partial charge in [0.25, 0.3) is 0 Å². The van der Waals surface area contributed by atoms with Gasteiger partial charge in [-0.2, -0.15) is 5.26 Å². The van der Waals surface area contributed by atoms with E-state index in [4.69, 9.17) is 5.26 Å². The zero-order valence-electron chi connectivity index (χ0n) is 8.15. The molecule has 13 heavy (non-hydrogen) atoms. The summed E-state index contributed by atoms with van der Waals surface area (Å²) < 4.78 is 0. The molecule has 0 aliphatic rings. The zero-order valence-corrected chi connectivity index (χ0v) is 8.15. The van der Waals surface area contributed by atoms with Crippen molar-refractivity contribution in [1.29, 1.82) is 5.26 Å². The summed E-state index contributed by atoms with van der Waals surface area (Å²) in [6, 6.07) is 1.99. The number of rotatable bonds is 2. The topological polar surface area (TPSA) is 49.6 Å². The molecule has 1 rings (SSSR count). The van der Waals surface area contributed by atoms with Crippen molar-refractivity contribution < 1.29 is 0 Å². The summed E-state index contributed by atoms with van der Waals surface area (Å²) in [5, 5.41) is 8.63. The predicted octanol–water partition coefficient (Wildman–Crippen LogP) is 2.11. The first-order valence-electron chi connectivity index (χ1n) is 4.37. The maximum absolute atomic E-state index is 8.63. The third-order valence-corrected chi connectivity index (χ3v) is 2.23. The summed E-state index contributed by atoms with van der Waals surface area (Å²) in [6.07, 6.45) is 3.21. The fourth-order valence-electron chi connectivity index (χ4n) is 0.996. The second-order valence-corrected chi connectivity index (χ2v) is 3.47. The Hall–Kier alpha value is -1.43. The first-order valence-corrected chi connectivity index (χ1v) is 4.37. The maximum Gasteiger partial charge on any atom is 0.159 e. The van der Waals surface area contributed by atoms with Gasteiger partial charge < -0.3 is 0 Å². The Balaban J connectivity index is 2.96. The molecule has 0 aliphatic heterocycles. The monoisotopic (exact) mass is 175 g/mol. The molecule has 0 bridgehead atoms. The largest absolute Gasteiger partial charge is 0.260 e. The Morgan fingerprint density at radius 3 is 2.54 bits per heavy atom. The average Bonchev–Trinajstić information content (AvgIpc) is 2.16. The molecule has 0 aromatic carbocycles. The van der Waals surface area contributed by atoms with Gasteiger partial charge in [0.15, 0.2) is 5.69 Å². The third-order valence-electron chi connectivity index (χ3n) is 2.23. The summed E-state index contributed by atoms with van der Waals surface area (Å²) in [5.41, 5.74) is 1.29. The van der Waals surface area contributed by atoms with Gasteiger partial charge in [0.05, 0.1) is 11.9 Å². The minimum Gasteiger partial charge on any atom is -0.260 e. The van der Waals surface area contributed by atoms with Gasteiger partial charge in [-0.3, -0.25) is 4.98 Å². The van der Waals surface area contributed by atoms with Crippen molar-refractivity contribution in [2.75, 3.05) is 0 Å². The van der Waals surface area contributed by atoms with Crippen LogP contribution < -0.4 is 0 Å². The molecule has 0 unspecified atom stereocenters. The highest BCUT2D eigenvalue weighted by Gasteiger charge is 2.11. The SMILES string of the molecule is CC(C)[C@@H](C)c1cncc(C#N)n1. The standard InChI is InChI=1S/C10H13N3/c1-7(2)8(3)10-6-12-5-9(4-11)13-10/h5-8H,1-3H3/t8-/m1/s1. The third kappa shape index (κ3) is 2.25. The van der Waals surface area contributed by atoms with E-state index in [9.17, 15) is 0 Å². The number of hydrogen-bond acceptors (Lipinski definition) is 3. The summed E-state index contributed by atoms with van der Waals surface area (Å²) >= 11 is 0.